The molecule has 0 atom stereocenters. The van der Waals surface area contributed by atoms with Crippen molar-refractivity contribution in [3.8, 4) is 5.75 Å². The van der Waals surface area contributed by atoms with E-state index >= 15 is 0 Å². The van der Waals surface area contributed by atoms with Crippen molar-refractivity contribution in [1.82, 2.24) is 0 Å². The number of halogens is 2. The zero-order chi connectivity index (χ0) is 21.7. The van der Waals surface area contributed by atoms with E-state index < -0.39 is 0 Å². The molecule has 0 aliphatic rings. The van der Waals surface area contributed by atoms with Crippen molar-refractivity contribution >= 4 is 44.8 Å². The van der Waals surface area contributed by atoms with Gasteiger partial charge in [-0.1, -0.05) is 35.9 Å². The van der Waals surface area contributed by atoms with E-state index in [0.717, 1.165) is 21.3 Å². The number of hydrogen-bond acceptors (Lipinski definition) is 3. The summed E-state index contributed by atoms with van der Waals surface area (Å²) in [4.78, 5) is 12.2. The standard InChI is InChI=1S/C24H24BrClN2O2/c1-15-5-4-6-22(17(15)3)27-13-18-8-10-23(20(25)11-18)30-14-24(29)28-19-9-7-16(2)21(26)12-19/h4-12,27H,13-14H2,1-3H3,(H,28,29). The highest BCUT2D eigenvalue weighted by Gasteiger charge is 2.09. The minimum absolute atomic E-state index is 0.0931. The fourth-order valence-corrected chi connectivity index (χ4v) is 3.64. The SMILES string of the molecule is Cc1ccc(NC(=O)COc2ccc(CNc3cccc(C)c3C)cc2Br)cc1Cl. The molecule has 0 spiro atoms. The highest BCUT2D eigenvalue weighted by Crippen LogP contribution is 2.27. The summed E-state index contributed by atoms with van der Waals surface area (Å²) in [5.74, 6) is 0.366. The first kappa shape index (κ1) is 22.2. The van der Waals surface area contributed by atoms with Gasteiger partial charge in [0.2, 0.25) is 0 Å². The number of aryl methyl sites for hydroxylation is 2. The first-order chi connectivity index (χ1) is 14.3. The van der Waals surface area contributed by atoms with Crippen LogP contribution in [-0.2, 0) is 11.3 Å². The van der Waals surface area contributed by atoms with Crippen LogP contribution in [0.1, 0.15) is 22.3 Å². The lowest BCUT2D eigenvalue weighted by atomic mass is 10.1. The minimum atomic E-state index is -0.248. The van der Waals surface area contributed by atoms with Gasteiger partial charge in [0.1, 0.15) is 5.75 Å². The summed E-state index contributed by atoms with van der Waals surface area (Å²) >= 11 is 9.63. The lowest BCUT2D eigenvalue weighted by Crippen LogP contribution is -2.20. The van der Waals surface area contributed by atoms with Crippen LogP contribution in [0.3, 0.4) is 0 Å². The summed E-state index contributed by atoms with van der Waals surface area (Å²) in [5, 5.41) is 6.86. The molecule has 1 amide bonds. The van der Waals surface area contributed by atoms with Crippen LogP contribution in [0, 0.1) is 20.8 Å². The van der Waals surface area contributed by atoms with Crippen molar-refractivity contribution in [2.24, 2.45) is 0 Å². The molecule has 0 bridgehead atoms. The van der Waals surface area contributed by atoms with Gasteiger partial charge < -0.3 is 15.4 Å². The number of nitrogens with one attached hydrogen (secondary N) is 2. The quantitative estimate of drug-likeness (QED) is 0.392. The molecule has 30 heavy (non-hydrogen) atoms. The Kier molecular flexibility index (Phi) is 7.40. The zero-order valence-electron chi connectivity index (χ0n) is 17.2. The second kappa shape index (κ2) is 10.0. The largest absolute Gasteiger partial charge is 0.483 e. The van der Waals surface area contributed by atoms with Gasteiger partial charge >= 0.3 is 0 Å². The first-order valence-corrected chi connectivity index (χ1v) is 10.8. The maximum atomic E-state index is 12.2. The molecule has 0 saturated carbocycles. The Morgan fingerprint density at radius 3 is 2.57 bits per heavy atom. The van der Waals surface area contributed by atoms with E-state index in [2.05, 4.69) is 52.5 Å². The predicted molar refractivity (Wildman–Crippen MR) is 128 cm³/mol. The maximum absolute atomic E-state index is 12.2. The minimum Gasteiger partial charge on any atom is -0.483 e. The van der Waals surface area contributed by atoms with Crippen molar-refractivity contribution < 1.29 is 9.53 Å². The lowest BCUT2D eigenvalue weighted by Gasteiger charge is -2.13. The predicted octanol–water partition coefficient (Wildman–Crippen LogP) is 6.66. The number of benzene rings is 3. The van der Waals surface area contributed by atoms with Crippen LogP contribution in [0.4, 0.5) is 11.4 Å². The molecule has 3 aromatic carbocycles. The Morgan fingerprint density at radius 1 is 1.03 bits per heavy atom. The number of rotatable bonds is 7. The van der Waals surface area contributed by atoms with Crippen LogP contribution in [0.15, 0.2) is 59.1 Å². The second-order valence-corrected chi connectivity index (χ2v) is 8.43. The molecule has 3 rings (SSSR count). The summed E-state index contributed by atoms with van der Waals surface area (Å²) < 4.78 is 6.47. The van der Waals surface area contributed by atoms with Crippen LogP contribution in [-0.4, -0.2) is 12.5 Å². The van der Waals surface area contributed by atoms with Crippen LogP contribution >= 0.6 is 27.5 Å². The Labute approximate surface area is 190 Å². The summed E-state index contributed by atoms with van der Waals surface area (Å²) in [5.41, 5.74) is 6.34. The zero-order valence-corrected chi connectivity index (χ0v) is 19.5. The molecular weight excluding hydrogens is 464 g/mol. The molecule has 0 fully saturated rings. The Hall–Kier alpha value is -2.50. The van der Waals surface area contributed by atoms with Crippen molar-refractivity contribution in [3.63, 3.8) is 0 Å². The normalized spacial score (nSPS) is 10.6. The molecule has 0 radical (unpaired) electrons. The topological polar surface area (TPSA) is 50.4 Å². The van der Waals surface area contributed by atoms with Gasteiger partial charge in [0, 0.05) is 22.9 Å². The molecule has 156 valence electrons. The highest BCUT2D eigenvalue weighted by atomic mass is 79.9. The molecule has 4 nitrogen and oxygen atoms in total. The summed E-state index contributed by atoms with van der Waals surface area (Å²) in [6, 6.07) is 17.5. The van der Waals surface area contributed by atoms with Gasteiger partial charge in [0.25, 0.3) is 5.91 Å². The maximum Gasteiger partial charge on any atom is 0.262 e. The van der Waals surface area contributed by atoms with Gasteiger partial charge in [-0.05, 0) is 89.3 Å². The van der Waals surface area contributed by atoms with E-state index in [1.165, 1.54) is 11.1 Å². The first-order valence-electron chi connectivity index (χ1n) is 9.61. The van der Waals surface area contributed by atoms with Crippen molar-refractivity contribution in [1.29, 1.82) is 0 Å². The monoisotopic (exact) mass is 486 g/mol. The molecule has 0 aliphatic carbocycles. The third-order valence-electron chi connectivity index (χ3n) is 4.90. The van der Waals surface area contributed by atoms with Gasteiger partial charge in [0.15, 0.2) is 6.61 Å². The third-order valence-corrected chi connectivity index (χ3v) is 5.93. The van der Waals surface area contributed by atoms with Crippen molar-refractivity contribution in [3.05, 3.63) is 86.3 Å². The third kappa shape index (κ3) is 5.77. The number of amides is 1. The molecule has 0 saturated heterocycles. The molecule has 0 unspecified atom stereocenters. The van der Waals surface area contributed by atoms with E-state index in [1.54, 1.807) is 6.07 Å². The van der Waals surface area contributed by atoms with Crippen LogP contribution in [0.5, 0.6) is 5.75 Å². The fourth-order valence-electron chi connectivity index (χ4n) is 2.92. The number of carbonyl (C=O) groups is 1. The van der Waals surface area contributed by atoms with E-state index in [1.807, 2.05) is 43.3 Å². The van der Waals surface area contributed by atoms with E-state index in [9.17, 15) is 4.79 Å². The lowest BCUT2D eigenvalue weighted by molar-refractivity contribution is -0.118. The molecule has 6 heteroatoms. The average Bonchev–Trinajstić information content (AvgIpc) is 2.71. The molecule has 2 N–H and O–H groups in total. The van der Waals surface area contributed by atoms with Gasteiger partial charge in [-0.15, -0.1) is 0 Å². The van der Waals surface area contributed by atoms with E-state index in [4.69, 9.17) is 16.3 Å². The van der Waals surface area contributed by atoms with Crippen molar-refractivity contribution in [2.45, 2.75) is 27.3 Å². The summed E-state index contributed by atoms with van der Waals surface area (Å²) in [7, 11) is 0. The Morgan fingerprint density at radius 2 is 1.83 bits per heavy atom. The van der Waals surface area contributed by atoms with Crippen LogP contribution in [0.2, 0.25) is 5.02 Å². The van der Waals surface area contributed by atoms with Crippen molar-refractivity contribution in [2.75, 3.05) is 17.2 Å². The van der Waals surface area contributed by atoms with E-state index in [0.29, 0.717) is 23.0 Å². The Balaban J connectivity index is 1.55. The average molecular weight is 488 g/mol. The number of ether oxygens (including phenoxy) is 1. The van der Waals surface area contributed by atoms with Gasteiger partial charge in [0.05, 0.1) is 4.47 Å². The Bertz CT molecular complexity index is 1070. The van der Waals surface area contributed by atoms with Crippen LogP contribution < -0.4 is 15.4 Å². The number of hydrogen-bond donors (Lipinski definition) is 2. The fraction of sp³-hybridized carbons (Fsp3) is 0.208. The molecule has 3 aromatic rings. The number of carbonyl (C=O) groups excluding carboxylic acids is 1. The van der Waals surface area contributed by atoms with Crippen LogP contribution in [0.25, 0.3) is 0 Å². The van der Waals surface area contributed by atoms with Gasteiger partial charge in [-0.3, -0.25) is 4.79 Å². The molecule has 0 heterocycles. The second-order valence-electron chi connectivity index (χ2n) is 7.17. The molecule has 0 aromatic heterocycles. The summed E-state index contributed by atoms with van der Waals surface area (Å²) in [6.45, 7) is 6.73. The van der Waals surface area contributed by atoms with Gasteiger partial charge in [-0.25, -0.2) is 0 Å². The molecular formula is C24H24BrClN2O2. The van der Waals surface area contributed by atoms with Gasteiger partial charge in [-0.2, -0.15) is 0 Å². The van der Waals surface area contributed by atoms with E-state index in [-0.39, 0.29) is 12.5 Å². The summed E-state index contributed by atoms with van der Waals surface area (Å²) in [6.07, 6.45) is 0. The smallest absolute Gasteiger partial charge is 0.262 e. The highest BCUT2D eigenvalue weighted by molar-refractivity contribution is 9.10. The molecule has 0 aliphatic heterocycles. The number of anilines is 2.